The second-order valence-electron chi connectivity index (χ2n) is 5.07. The molecule has 0 radical (unpaired) electrons. The van der Waals surface area contributed by atoms with Crippen molar-refractivity contribution in [2.45, 2.75) is 31.3 Å². The molecule has 1 fully saturated rings. The Hall–Kier alpha value is -1.67. The lowest BCUT2D eigenvalue weighted by molar-refractivity contribution is -0.138. The zero-order valence-corrected chi connectivity index (χ0v) is 11.8. The Bertz CT molecular complexity index is 548. The minimum atomic E-state index is -4.67. The van der Waals surface area contributed by atoms with Crippen LogP contribution in [0.25, 0.3) is 0 Å². The highest BCUT2D eigenvalue weighted by atomic mass is 19.4. The van der Waals surface area contributed by atoms with Crippen LogP contribution in [0.4, 0.5) is 17.6 Å². The van der Waals surface area contributed by atoms with Crippen molar-refractivity contribution in [1.29, 1.82) is 0 Å². The van der Waals surface area contributed by atoms with Crippen LogP contribution in [0.2, 0.25) is 0 Å². The van der Waals surface area contributed by atoms with Gasteiger partial charge in [-0.05, 0) is 24.1 Å². The average Bonchev–Trinajstić information content (AvgIpc) is 2.93. The number of carbonyl (C=O) groups excluding carboxylic acids is 1. The van der Waals surface area contributed by atoms with E-state index in [-0.39, 0.29) is 18.2 Å². The minimum Gasteiger partial charge on any atom is -0.380 e. The highest BCUT2D eigenvalue weighted by Gasteiger charge is 2.34. The molecule has 0 unspecified atom stereocenters. The maximum absolute atomic E-state index is 13.0. The van der Waals surface area contributed by atoms with Crippen LogP contribution in [0.5, 0.6) is 0 Å². The second kappa shape index (κ2) is 6.62. The van der Waals surface area contributed by atoms with Gasteiger partial charge in [0.25, 0.3) is 0 Å². The lowest BCUT2D eigenvalue weighted by atomic mass is 10.1. The van der Waals surface area contributed by atoms with Crippen LogP contribution in [-0.4, -0.2) is 31.7 Å². The molecule has 1 aliphatic heterocycles. The molecule has 0 spiro atoms. The molecule has 8 heteroatoms. The number of benzene rings is 1. The van der Waals surface area contributed by atoms with Crippen LogP contribution in [0.1, 0.15) is 17.5 Å². The van der Waals surface area contributed by atoms with Gasteiger partial charge < -0.3 is 15.4 Å². The van der Waals surface area contributed by atoms with Gasteiger partial charge in [-0.1, -0.05) is 6.07 Å². The maximum Gasteiger partial charge on any atom is 0.416 e. The Morgan fingerprint density at radius 2 is 2.18 bits per heavy atom. The van der Waals surface area contributed by atoms with E-state index in [1.807, 2.05) is 0 Å². The summed E-state index contributed by atoms with van der Waals surface area (Å²) in [5, 5.41) is 5.37. The van der Waals surface area contributed by atoms with E-state index in [2.05, 4.69) is 10.6 Å². The van der Waals surface area contributed by atoms with Crippen LogP contribution in [-0.2, 0) is 22.3 Å². The molecule has 1 heterocycles. The third-order valence-electron chi connectivity index (χ3n) is 3.57. The number of alkyl halides is 3. The van der Waals surface area contributed by atoms with E-state index < -0.39 is 29.5 Å². The van der Waals surface area contributed by atoms with Crippen molar-refractivity contribution in [2.24, 2.45) is 0 Å². The molecule has 2 rings (SSSR count). The summed E-state index contributed by atoms with van der Waals surface area (Å²) in [5.41, 5.74) is -1.26. The van der Waals surface area contributed by atoms with Crippen LogP contribution in [0, 0.1) is 5.82 Å². The topological polar surface area (TPSA) is 50.4 Å². The van der Waals surface area contributed by atoms with Crippen molar-refractivity contribution < 1.29 is 27.1 Å². The van der Waals surface area contributed by atoms with Gasteiger partial charge >= 0.3 is 6.18 Å². The lowest BCUT2D eigenvalue weighted by Crippen LogP contribution is -2.40. The van der Waals surface area contributed by atoms with Crippen molar-refractivity contribution in [3.63, 3.8) is 0 Å². The predicted molar refractivity (Wildman–Crippen MR) is 70.5 cm³/mol. The van der Waals surface area contributed by atoms with Gasteiger partial charge in [-0.2, -0.15) is 13.2 Å². The summed E-state index contributed by atoms with van der Waals surface area (Å²) in [6, 6.07) is 1.89. The molecule has 4 nitrogen and oxygen atoms in total. The number of carbonyl (C=O) groups is 1. The van der Waals surface area contributed by atoms with E-state index in [9.17, 15) is 22.4 Å². The average molecular weight is 320 g/mol. The Morgan fingerprint density at radius 3 is 2.77 bits per heavy atom. The first-order chi connectivity index (χ1) is 10.3. The molecule has 1 saturated heterocycles. The van der Waals surface area contributed by atoms with E-state index >= 15 is 0 Å². The molecule has 1 aliphatic rings. The summed E-state index contributed by atoms with van der Waals surface area (Å²) in [4.78, 5) is 11.9. The van der Waals surface area contributed by atoms with Gasteiger partial charge in [0.15, 0.2) is 0 Å². The van der Waals surface area contributed by atoms with E-state index in [1.54, 1.807) is 0 Å². The van der Waals surface area contributed by atoms with Gasteiger partial charge in [0.1, 0.15) is 5.82 Å². The van der Waals surface area contributed by atoms with Crippen molar-refractivity contribution in [2.75, 3.05) is 13.7 Å². The zero-order valence-electron chi connectivity index (χ0n) is 11.8. The summed E-state index contributed by atoms with van der Waals surface area (Å²) in [6.07, 6.45) is -4.31. The largest absolute Gasteiger partial charge is 0.416 e. The van der Waals surface area contributed by atoms with Crippen molar-refractivity contribution >= 4 is 5.91 Å². The molecule has 1 aromatic carbocycles. The highest BCUT2D eigenvalue weighted by molar-refractivity contribution is 5.82. The summed E-state index contributed by atoms with van der Waals surface area (Å²) >= 11 is 0. The fraction of sp³-hybridized carbons (Fsp3) is 0.500. The molecule has 1 amide bonds. The monoisotopic (exact) mass is 320 g/mol. The summed E-state index contributed by atoms with van der Waals surface area (Å²) < 4.78 is 56.6. The fourth-order valence-corrected chi connectivity index (χ4v) is 2.35. The number of hydrogen-bond acceptors (Lipinski definition) is 3. The first-order valence-corrected chi connectivity index (χ1v) is 6.70. The van der Waals surface area contributed by atoms with E-state index in [4.69, 9.17) is 4.74 Å². The van der Waals surface area contributed by atoms with Crippen molar-refractivity contribution in [3.05, 3.63) is 35.1 Å². The molecule has 2 atom stereocenters. The Morgan fingerprint density at radius 1 is 1.45 bits per heavy atom. The van der Waals surface area contributed by atoms with Crippen molar-refractivity contribution in [3.8, 4) is 0 Å². The summed E-state index contributed by atoms with van der Waals surface area (Å²) in [5.74, 6) is -1.38. The molecule has 2 N–H and O–H groups in total. The first-order valence-electron chi connectivity index (χ1n) is 6.70. The number of hydrogen-bond donors (Lipinski definition) is 2. The Kier molecular flexibility index (Phi) is 5.02. The number of amides is 1. The van der Waals surface area contributed by atoms with Gasteiger partial charge in [-0.25, -0.2) is 4.39 Å². The van der Waals surface area contributed by atoms with Crippen LogP contribution in [0.3, 0.4) is 0 Å². The molecular weight excluding hydrogens is 304 g/mol. The fourth-order valence-electron chi connectivity index (χ4n) is 2.35. The normalized spacial score (nSPS) is 21.9. The van der Waals surface area contributed by atoms with Gasteiger partial charge in [-0.15, -0.1) is 0 Å². The SMILES string of the molecule is CO[C@@H]1CN[C@H](C(=O)NCc2ccc(F)cc2C(F)(F)F)C1. The van der Waals surface area contributed by atoms with E-state index in [0.717, 1.165) is 12.1 Å². The molecule has 1 aromatic rings. The zero-order chi connectivity index (χ0) is 16.3. The lowest BCUT2D eigenvalue weighted by Gasteiger charge is -2.15. The molecule has 0 bridgehead atoms. The number of nitrogens with one attached hydrogen (secondary N) is 2. The predicted octanol–water partition coefficient (Wildman–Crippen LogP) is 1.84. The quantitative estimate of drug-likeness (QED) is 0.833. The number of rotatable bonds is 4. The molecule has 22 heavy (non-hydrogen) atoms. The van der Waals surface area contributed by atoms with Crippen LogP contribution in [0.15, 0.2) is 18.2 Å². The summed E-state index contributed by atoms with van der Waals surface area (Å²) in [6.45, 7) is 0.197. The molecular formula is C14H16F4N2O2. The first kappa shape index (κ1) is 16.7. The van der Waals surface area contributed by atoms with E-state index in [0.29, 0.717) is 19.0 Å². The minimum absolute atomic E-state index is 0.0905. The standard InChI is InChI=1S/C14H16F4N2O2/c1-22-10-5-12(19-7-10)13(21)20-6-8-2-3-9(15)4-11(8)14(16,17)18/h2-4,10,12,19H,5-7H2,1H3,(H,20,21)/t10-,12-/m0/s1. The third kappa shape index (κ3) is 3.95. The van der Waals surface area contributed by atoms with Gasteiger partial charge in [0.2, 0.25) is 5.91 Å². The molecule has 122 valence electrons. The highest BCUT2D eigenvalue weighted by Crippen LogP contribution is 2.32. The maximum atomic E-state index is 13.0. The Balaban J connectivity index is 2.01. The van der Waals surface area contributed by atoms with Crippen LogP contribution >= 0.6 is 0 Å². The van der Waals surface area contributed by atoms with E-state index in [1.165, 1.54) is 7.11 Å². The van der Waals surface area contributed by atoms with Gasteiger partial charge in [-0.3, -0.25) is 4.79 Å². The second-order valence-corrected chi connectivity index (χ2v) is 5.07. The number of halogens is 4. The Labute approximate surface area is 124 Å². The number of ether oxygens (including phenoxy) is 1. The van der Waals surface area contributed by atoms with Gasteiger partial charge in [0, 0.05) is 20.2 Å². The smallest absolute Gasteiger partial charge is 0.380 e. The van der Waals surface area contributed by atoms with Gasteiger partial charge in [0.05, 0.1) is 17.7 Å². The number of methoxy groups -OCH3 is 1. The van der Waals surface area contributed by atoms with Crippen LogP contribution < -0.4 is 10.6 Å². The molecule has 0 aromatic heterocycles. The van der Waals surface area contributed by atoms with Crippen molar-refractivity contribution in [1.82, 2.24) is 10.6 Å². The molecule has 0 aliphatic carbocycles. The third-order valence-corrected chi connectivity index (χ3v) is 3.57. The summed E-state index contributed by atoms with van der Waals surface area (Å²) in [7, 11) is 1.53. The molecule has 0 saturated carbocycles.